The van der Waals surface area contributed by atoms with Crippen LogP contribution in [0.4, 0.5) is 0 Å². The third-order valence-corrected chi connectivity index (χ3v) is 7.68. The number of carbonyl (C=O) groups is 2. The van der Waals surface area contributed by atoms with Crippen molar-refractivity contribution in [2.45, 2.75) is 12.8 Å². The van der Waals surface area contributed by atoms with Gasteiger partial charge in [0, 0.05) is 62.2 Å². The van der Waals surface area contributed by atoms with Crippen LogP contribution in [-0.2, 0) is 6.42 Å². The molecular weight excluding hydrogens is 552 g/mol. The molecule has 5 rings (SSSR count). The van der Waals surface area contributed by atoms with Crippen LogP contribution in [0.3, 0.4) is 0 Å². The van der Waals surface area contributed by atoms with Crippen molar-refractivity contribution in [2.75, 3.05) is 60.5 Å². The summed E-state index contributed by atoms with van der Waals surface area (Å²) in [5.41, 5.74) is 5.23. The lowest BCUT2D eigenvalue weighted by atomic mass is 9.98. The summed E-state index contributed by atoms with van der Waals surface area (Å²) >= 11 is 0. The summed E-state index contributed by atoms with van der Waals surface area (Å²) in [5, 5.41) is 0. The van der Waals surface area contributed by atoms with Gasteiger partial charge in [0.2, 0.25) is 0 Å². The molecule has 8 nitrogen and oxygen atoms in total. The molecule has 4 aromatic rings. The number of aromatic nitrogens is 1. The molecule has 0 fully saturated rings. The lowest BCUT2D eigenvalue weighted by molar-refractivity contribution is 0.0668. The lowest BCUT2D eigenvalue weighted by Gasteiger charge is -2.27. The van der Waals surface area contributed by atoms with Crippen molar-refractivity contribution in [3.63, 3.8) is 0 Å². The molecule has 2 amide bonds. The number of nitrogens with zero attached hydrogens (tertiary/aromatic N) is 4. The van der Waals surface area contributed by atoms with Crippen LogP contribution in [0.5, 0.6) is 11.5 Å². The zero-order valence-corrected chi connectivity index (χ0v) is 25.7. The second-order valence-electron chi connectivity index (χ2n) is 11.3. The molecule has 44 heavy (non-hydrogen) atoms. The molecule has 0 aliphatic carbocycles. The minimum atomic E-state index is -0.130. The average Bonchev–Trinajstić information content (AvgIpc) is 3.04. The van der Waals surface area contributed by atoms with Gasteiger partial charge in [-0.1, -0.05) is 30.3 Å². The first-order chi connectivity index (χ1) is 21.4. The lowest BCUT2D eigenvalue weighted by Crippen LogP contribution is -2.41. The Labute approximate surface area is 259 Å². The van der Waals surface area contributed by atoms with E-state index in [9.17, 15) is 9.59 Å². The van der Waals surface area contributed by atoms with Crippen molar-refractivity contribution in [2.24, 2.45) is 0 Å². The summed E-state index contributed by atoms with van der Waals surface area (Å²) in [6.45, 7) is 2.93. The van der Waals surface area contributed by atoms with E-state index in [1.165, 1.54) is 0 Å². The number of benzene rings is 3. The van der Waals surface area contributed by atoms with E-state index in [2.05, 4.69) is 16.0 Å². The standard InChI is InChI=1S/C36H40N4O4/c1-38(2)16-7-20-43-33-12-5-10-30(25-33)36(42)40-18-17-39(3)35(41)29-9-4-8-27(22-29)23-32-24-28(31-11-6-15-37-26-31)13-14-34(32)44-21-19-40/h4-6,8-15,22,24-26H,7,16-21,23H2,1-3H3. The van der Waals surface area contributed by atoms with Crippen LogP contribution in [0.2, 0.25) is 0 Å². The summed E-state index contributed by atoms with van der Waals surface area (Å²) in [6.07, 6.45) is 5.09. The van der Waals surface area contributed by atoms with Crippen LogP contribution in [0.1, 0.15) is 38.3 Å². The molecule has 8 heteroatoms. The molecule has 3 aromatic carbocycles. The van der Waals surface area contributed by atoms with Crippen LogP contribution in [0.25, 0.3) is 11.1 Å². The minimum absolute atomic E-state index is 0.0787. The molecular formula is C36H40N4O4. The second kappa shape index (κ2) is 14.7. The van der Waals surface area contributed by atoms with Crippen LogP contribution < -0.4 is 9.47 Å². The highest BCUT2D eigenvalue weighted by Gasteiger charge is 2.21. The Hall–Kier alpha value is -4.69. The van der Waals surface area contributed by atoms with E-state index in [1.54, 1.807) is 35.2 Å². The topological polar surface area (TPSA) is 75.2 Å². The third-order valence-electron chi connectivity index (χ3n) is 7.68. The number of carbonyl (C=O) groups excluding carboxylic acids is 2. The fraction of sp³-hybridized carbons (Fsp3) is 0.306. The first-order valence-electron chi connectivity index (χ1n) is 15.0. The Kier molecular flexibility index (Phi) is 10.2. The van der Waals surface area contributed by atoms with Gasteiger partial charge in [0.05, 0.1) is 13.2 Å². The van der Waals surface area contributed by atoms with Crippen molar-refractivity contribution in [3.05, 3.63) is 114 Å². The van der Waals surface area contributed by atoms with E-state index in [0.29, 0.717) is 56.1 Å². The molecule has 228 valence electrons. The summed E-state index contributed by atoms with van der Waals surface area (Å²) < 4.78 is 12.3. The van der Waals surface area contributed by atoms with Gasteiger partial charge < -0.3 is 24.2 Å². The number of amides is 2. The van der Waals surface area contributed by atoms with Gasteiger partial charge in [-0.15, -0.1) is 0 Å². The third kappa shape index (κ3) is 8.02. The molecule has 0 radical (unpaired) electrons. The quantitative estimate of drug-likeness (QED) is 0.272. The van der Waals surface area contributed by atoms with Gasteiger partial charge in [-0.05, 0) is 85.7 Å². The van der Waals surface area contributed by atoms with Crippen LogP contribution in [0.15, 0.2) is 91.3 Å². The molecule has 0 saturated carbocycles. The van der Waals surface area contributed by atoms with E-state index >= 15 is 0 Å². The molecule has 1 aliphatic rings. The predicted molar refractivity (Wildman–Crippen MR) is 172 cm³/mol. The van der Waals surface area contributed by atoms with E-state index in [4.69, 9.17) is 9.47 Å². The zero-order chi connectivity index (χ0) is 30.9. The smallest absolute Gasteiger partial charge is 0.254 e. The van der Waals surface area contributed by atoms with Crippen LogP contribution in [-0.4, -0.2) is 92.0 Å². The Bertz CT molecular complexity index is 1570. The van der Waals surface area contributed by atoms with E-state index < -0.39 is 0 Å². The van der Waals surface area contributed by atoms with Gasteiger partial charge >= 0.3 is 0 Å². The fourth-order valence-electron chi connectivity index (χ4n) is 5.25. The molecule has 2 bridgehead atoms. The monoisotopic (exact) mass is 592 g/mol. The van der Waals surface area contributed by atoms with Gasteiger partial charge in [0.25, 0.3) is 11.8 Å². The SMILES string of the molecule is CN(C)CCCOc1cccc(C(=O)N2CCOc3ccc(-c4cccnc4)cc3Cc3cccc(c3)C(=O)N(C)CC2)c1. The molecule has 0 spiro atoms. The highest BCUT2D eigenvalue weighted by Crippen LogP contribution is 2.29. The summed E-state index contributed by atoms with van der Waals surface area (Å²) in [6, 6.07) is 25.1. The number of likely N-dealkylation sites (N-methyl/N-ethyl adjacent to an activating group) is 1. The molecule has 1 aromatic heterocycles. The number of fused-ring (bicyclic) bond motifs is 3. The molecule has 0 atom stereocenters. The first kappa shape index (κ1) is 30.8. The minimum Gasteiger partial charge on any atom is -0.494 e. The van der Waals surface area contributed by atoms with Crippen LogP contribution in [0, 0.1) is 0 Å². The maximum Gasteiger partial charge on any atom is 0.254 e. The Morgan fingerprint density at radius 2 is 1.77 bits per heavy atom. The number of pyridine rings is 1. The number of hydrogen-bond donors (Lipinski definition) is 0. The molecule has 0 unspecified atom stereocenters. The predicted octanol–water partition coefficient (Wildman–Crippen LogP) is 5.28. The average molecular weight is 593 g/mol. The number of hydrogen-bond acceptors (Lipinski definition) is 6. The van der Waals surface area contributed by atoms with Crippen LogP contribution >= 0.6 is 0 Å². The maximum atomic E-state index is 13.8. The van der Waals surface area contributed by atoms with Gasteiger partial charge in [-0.3, -0.25) is 14.6 Å². The van der Waals surface area contributed by atoms with Crippen molar-refractivity contribution >= 4 is 11.8 Å². The van der Waals surface area contributed by atoms with Crippen molar-refractivity contribution in [1.82, 2.24) is 19.7 Å². The van der Waals surface area contributed by atoms with Gasteiger partial charge in [-0.2, -0.15) is 0 Å². The van der Waals surface area contributed by atoms with Gasteiger partial charge in [0.1, 0.15) is 18.1 Å². The molecule has 0 saturated heterocycles. The Morgan fingerprint density at radius 1 is 0.932 bits per heavy atom. The Balaban J connectivity index is 1.40. The summed E-state index contributed by atoms with van der Waals surface area (Å²) in [4.78, 5) is 37.0. The molecule has 2 heterocycles. The van der Waals surface area contributed by atoms with Crippen molar-refractivity contribution in [1.29, 1.82) is 0 Å². The fourth-order valence-corrected chi connectivity index (χ4v) is 5.25. The van der Waals surface area contributed by atoms with Gasteiger partial charge in [-0.25, -0.2) is 0 Å². The van der Waals surface area contributed by atoms with E-state index in [1.807, 2.05) is 81.0 Å². The molecule has 1 aliphatic heterocycles. The second-order valence-corrected chi connectivity index (χ2v) is 11.3. The highest BCUT2D eigenvalue weighted by molar-refractivity contribution is 5.95. The van der Waals surface area contributed by atoms with E-state index in [0.717, 1.165) is 41.0 Å². The number of ether oxygens (including phenoxy) is 2. The van der Waals surface area contributed by atoms with Gasteiger partial charge in [0.15, 0.2) is 0 Å². The molecule has 0 N–H and O–H groups in total. The maximum absolute atomic E-state index is 13.8. The zero-order valence-electron chi connectivity index (χ0n) is 25.7. The van der Waals surface area contributed by atoms with Crippen molar-refractivity contribution < 1.29 is 19.1 Å². The van der Waals surface area contributed by atoms with Crippen molar-refractivity contribution in [3.8, 4) is 22.6 Å². The van der Waals surface area contributed by atoms with E-state index in [-0.39, 0.29) is 11.8 Å². The summed E-state index contributed by atoms with van der Waals surface area (Å²) in [5.74, 6) is 1.21. The Morgan fingerprint density at radius 3 is 2.59 bits per heavy atom. The normalized spacial score (nSPS) is 14.0. The highest BCUT2D eigenvalue weighted by atomic mass is 16.5. The largest absolute Gasteiger partial charge is 0.494 e. The first-order valence-corrected chi connectivity index (χ1v) is 15.0. The summed E-state index contributed by atoms with van der Waals surface area (Å²) in [7, 11) is 5.84. The number of rotatable bonds is 7.